The smallest absolute Gasteiger partial charge is 0.262 e. The van der Waals surface area contributed by atoms with E-state index in [1.54, 1.807) is 11.8 Å². The van der Waals surface area contributed by atoms with Gasteiger partial charge in [-0.2, -0.15) is 0 Å². The Morgan fingerprint density at radius 1 is 1.11 bits per heavy atom. The molecule has 0 radical (unpaired) electrons. The van der Waals surface area contributed by atoms with Crippen molar-refractivity contribution in [2.75, 3.05) is 18.5 Å². The van der Waals surface area contributed by atoms with E-state index in [1.807, 2.05) is 55.5 Å². The number of carbonyl (C=O) groups is 2. The molecule has 0 bridgehead atoms. The van der Waals surface area contributed by atoms with Crippen molar-refractivity contribution < 1.29 is 14.3 Å². The van der Waals surface area contributed by atoms with E-state index in [0.717, 1.165) is 5.56 Å². The molecule has 0 unspecified atom stereocenters. The molecule has 0 spiro atoms. The highest BCUT2D eigenvalue weighted by atomic mass is 16.5. The second-order valence-corrected chi connectivity index (χ2v) is 6.79. The van der Waals surface area contributed by atoms with Gasteiger partial charge in [0.2, 0.25) is 5.91 Å². The highest BCUT2D eigenvalue weighted by Gasteiger charge is 2.09. The third-order valence-electron chi connectivity index (χ3n) is 4.33. The van der Waals surface area contributed by atoms with Crippen LogP contribution in [-0.4, -0.2) is 29.9 Å². The van der Waals surface area contributed by atoms with E-state index >= 15 is 0 Å². The third kappa shape index (κ3) is 6.44. The minimum Gasteiger partial charge on any atom is -0.484 e. The molecule has 0 aromatic heterocycles. The van der Waals surface area contributed by atoms with Crippen molar-refractivity contribution >= 4 is 17.5 Å². The number of hydrogen-bond donors (Lipinski definition) is 1. The zero-order valence-corrected chi connectivity index (χ0v) is 16.5. The van der Waals surface area contributed by atoms with Gasteiger partial charge in [-0.3, -0.25) is 9.59 Å². The van der Waals surface area contributed by atoms with Crippen LogP contribution in [0.5, 0.6) is 5.75 Å². The SMILES string of the molecule is CCN(Cc1cccc(NC(=O)COc2ccc(C(C)C)cc2)c1)C(C)=O. The first-order valence-electron chi connectivity index (χ1n) is 9.26. The zero-order chi connectivity index (χ0) is 19.8. The van der Waals surface area contributed by atoms with Crippen molar-refractivity contribution in [3.8, 4) is 5.75 Å². The number of hydrogen-bond acceptors (Lipinski definition) is 3. The molecule has 27 heavy (non-hydrogen) atoms. The number of amides is 2. The van der Waals surface area contributed by atoms with Gasteiger partial charge in [-0.1, -0.05) is 38.1 Å². The Bertz CT molecular complexity index is 769. The molecule has 2 amide bonds. The van der Waals surface area contributed by atoms with Crippen molar-refractivity contribution in [2.45, 2.75) is 40.2 Å². The summed E-state index contributed by atoms with van der Waals surface area (Å²) in [6, 6.07) is 15.3. The number of ether oxygens (including phenoxy) is 1. The standard InChI is InChI=1S/C22H28N2O3/c1-5-24(17(4)25)14-18-7-6-8-20(13-18)23-22(26)15-27-21-11-9-19(10-12-21)16(2)3/h6-13,16H,5,14-15H2,1-4H3,(H,23,26). The van der Waals surface area contributed by atoms with Gasteiger partial charge < -0.3 is 15.0 Å². The molecule has 2 aromatic carbocycles. The summed E-state index contributed by atoms with van der Waals surface area (Å²) in [6.07, 6.45) is 0. The summed E-state index contributed by atoms with van der Waals surface area (Å²) in [6.45, 7) is 8.88. The van der Waals surface area contributed by atoms with Gasteiger partial charge in [0, 0.05) is 25.7 Å². The first-order valence-corrected chi connectivity index (χ1v) is 9.26. The first-order chi connectivity index (χ1) is 12.9. The van der Waals surface area contributed by atoms with Crippen molar-refractivity contribution in [1.82, 2.24) is 4.90 Å². The van der Waals surface area contributed by atoms with Crippen LogP contribution in [0.15, 0.2) is 48.5 Å². The Hall–Kier alpha value is -2.82. The number of carbonyl (C=O) groups excluding carboxylic acids is 2. The van der Waals surface area contributed by atoms with Crippen LogP contribution in [0.2, 0.25) is 0 Å². The quantitative estimate of drug-likeness (QED) is 0.760. The molecule has 5 nitrogen and oxygen atoms in total. The topological polar surface area (TPSA) is 58.6 Å². The lowest BCUT2D eigenvalue weighted by Crippen LogP contribution is -2.27. The number of anilines is 1. The number of rotatable bonds is 8. The van der Waals surface area contributed by atoms with Gasteiger partial charge in [0.15, 0.2) is 6.61 Å². The van der Waals surface area contributed by atoms with Crippen LogP contribution >= 0.6 is 0 Å². The van der Waals surface area contributed by atoms with Crippen molar-refractivity contribution in [2.24, 2.45) is 0 Å². The van der Waals surface area contributed by atoms with Gasteiger partial charge in [-0.25, -0.2) is 0 Å². The van der Waals surface area contributed by atoms with Gasteiger partial charge in [0.1, 0.15) is 5.75 Å². The van der Waals surface area contributed by atoms with Crippen LogP contribution in [0.3, 0.4) is 0 Å². The summed E-state index contributed by atoms with van der Waals surface area (Å²) in [7, 11) is 0. The predicted molar refractivity (Wildman–Crippen MR) is 108 cm³/mol. The van der Waals surface area contributed by atoms with E-state index in [0.29, 0.717) is 30.4 Å². The van der Waals surface area contributed by atoms with E-state index in [1.165, 1.54) is 5.56 Å². The summed E-state index contributed by atoms with van der Waals surface area (Å²) in [5.41, 5.74) is 2.89. The second-order valence-electron chi connectivity index (χ2n) is 6.79. The molecule has 2 rings (SSSR count). The fourth-order valence-electron chi connectivity index (χ4n) is 2.71. The Morgan fingerprint density at radius 3 is 2.41 bits per heavy atom. The summed E-state index contributed by atoms with van der Waals surface area (Å²) in [4.78, 5) is 25.5. The second kappa shape index (κ2) is 9.76. The number of benzene rings is 2. The van der Waals surface area contributed by atoms with Gasteiger partial charge >= 0.3 is 0 Å². The Balaban J connectivity index is 1.90. The molecule has 0 heterocycles. The molecule has 0 atom stereocenters. The first kappa shape index (κ1) is 20.5. The van der Waals surface area contributed by atoms with Crippen LogP contribution in [-0.2, 0) is 16.1 Å². The molecule has 0 saturated carbocycles. The van der Waals surface area contributed by atoms with Gasteiger partial charge in [-0.15, -0.1) is 0 Å². The summed E-state index contributed by atoms with van der Waals surface area (Å²) in [5.74, 6) is 0.937. The lowest BCUT2D eigenvalue weighted by Gasteiger charge is -2.19. The highest BCUT2D eigenvalue weighted by molar-refractivity contribution is 5.91. The highest BCUT2D eigenvalue weighted by Crippen LogP contribution is 2.18. The molecule has 0 aliphatic carbocycles. The van der Waals surface area contributed by atoms with E-state index in [-0.39, 0.29) is 18.4 Å². The van der Waals surface area contributed by atoms with Crippen LogP contribution in [0.4, 0.5) is 5.69 Å². The fraction of sp³-hybridized carbons (Fsp3) is 0.364. The minimum atomic E-state index is -0.223. The molecule has 0 fully saturated rings. The van der Waals surface area contributed by atoms with E-state index in [9.17, 15) is 9.59 Å². The van der Waals surface area contributed by atoms with Crippen molar-refractivity contribution in [3.05, 3.63) is 59.7 Å². The van der Waals surface area contributed by atoms with E-state index < -0.39 is 0 Å². The van der Waals surface area contributed by atoms with Crippen LogP contribution in [0.1, 0.15) is 44.7 Å². The van der Waals surface area contributed by atoms with Crippen LogP contribution in [0, 0.1) is 0 Å². The van der Waals surface area contributed by atoms with E-state index in [2.05, 4.69) is 19.2 Å². The van der Waals surface area contributed by atoms with Gasteiger partial charge in [0.25, 0.3) is 5.91 Å². The molecular formula is C22H28N2O3. The van der Waals surface area contributed by atoms with Gasteiger partial charge in [0.05, 0.1) is 0 Å². The molecule has 144 valence electrons. The molecule has 2 aromatic rings. The maximum atomic E-state index is 12.2. The average molecular weight is 368 g/mol. The maximum Gasteiger partial charge on any atom is 0.262 e. The van der Waals surface area contributed by atoms with Crippen molar-refractivity contribution in [3.63, 3.8) is 0 Å². The largest absolute Gasteiger partial charge is 0.484 e. The maximum absolute atomic E-state index is 12.2. The summed E-state index contributed by atoms with van der Waals surface area (Å²) in [5, 5.41) is 2.84. The molecule has 0 saturated heterocycles. The predicted octanol–water partition coefficient (Wildman–Crippen LogP) is 4.20. The molecule has 0 aliphatic heterocycles. The lowest BCUT2D eigenvalue weighted by molar-refractivity contribution is -0.129. The Labute approximate surface area is 161 Å². The zero-order valence-electron chi connectivity index (χ0n) is 16.5. The molecule has 0 aliphatic rings. The Kier molecular flexibility index (Phi) is 7.41. The van der Waals surface area contributed by atoms with Gasteiger partial charge in [-0.05, 0) is 48.2 Å². The monoisotopic (exact) mass is 368 g/mol. The molecule has 1 N–H and O–H groups in total. The lowest BCUT2D eigenvalue weighted by atomic mass is 10.0. The molecule has 5 heteroatoms. The van der Waals surface area contributed by atoms with Crippen molar-refractivity contribution in [1.29, 1.82) is 0 Å². The van der Waals surface area contributed by atoms with Crippen LogP contribution < -0.4 is 10.1 Å². The number of nitrogens with one attached hydrogen (secondary N) is 1. The molecular weight excluding hydrogens is 340 g/mol. The fourth-order valence-corrected chi connectivity index (χ4v) is 2.71. The number of nitrogens with zero attached hydrogens (tertiary/aromatic N) is 1. The average Bonchev–Trinajstić information content (AvgIpc) is 2.65. The minimum absolute atomic E-state index is 0.0313. The summed E-state index contributed by atoms with van der Waals surface area (Å²) >= 11 is 0. The normalized spacial score (nSPS) is 10.6. The third-order valence-corrected chi connectivity index (χ3v) is 4.33. The Morgan fingerprint density at radius 2 is 1.81 bits per heavy atom. The summed E-state index contributed by atoms with van der Waals surface area (Å²) < 4.78 is 5.55. The van der Waals surface area contributed by atoms with Crippen LogP contribution in [0.25, 0.3) is 0 Å². The van der Waals surface area contributed by atoms with E-state index in [4.69, 9.17) is 4.74 Å².